The number of thioether (sulfide) groups is 1. The minimum atomic E-state index is -0.680. The summed E-state index contributed by atoms with van der Waals surface area (Å²) in [5, 5.41) is 0. The van der Waals surface area contributed by atoms with Gasteiger partial charge in [-0.05, 0) is 38.0 Å². The van der Waals surface area contributed by atoms with Crippen molar-refractivity contribution in [2.45, 2.75) is 44.1 Å². The van der Waals surface area contributed by atoms with Crippen LogP contribution >= 0.6 is 11.8 Å². The fraction of sp³-hybridized carbons (Fsp3) is 0.476. The van der Waals surface area contributed by atoms with Gasteiger partial charge < -0.3 is 9.64 Å². The Morgan fingerprint density at radius 2 is 1.96 bits per heavy atom. The maximum atomic E-state index is 12.3. The number of hydrogen-bond donors (Lipinski definition) is 0. The van der Waals surface area contributed by atoms with Gasteiger partial charge in [0, 0.05) is 30.2 Å². The topological polar surface area (TPSA) is 29.5 Å². The monoisotopic (exact) mass is 359 g/mol. The maximum Gasteiger partial charge on any atom is 0.410 e. The van der Waals surface area contributed by atoms with E-state index in [-0.39, 0.29) is 11.5 Å². The van der Waals surface area contributed by atoms with Crippen molar-refractivity contribution in [1.82, 2.24) is 4.90 Å². The second-order valence-electron chi connectivity index (χ2n) is 7.34. The zero-order valence-electron chi connectivity index (χ0n) is 16.0. The van der Waals surface area contributed by atoms with E-state index in [1.165, 1.54) is 20.9 Å². The van der Waals surface area contributed by atoms with Gasteiger partial charge in [0.25, 0.3) is 0 Å². The Labute approximate surface area is 156 Å². The van der Waals surface area contributed by atoms with Crippen LogP contribution in [0.1, 0.15) is 33.6 Å². The third kappa shape index (κ3) is 3.95. The van der Waals surface area contributed by atoms with E-state index in [1.54, 1.807) is 14.1 Å². The minimum absolute atomic E-state index is 0.301. The molecule has 25 heavy (non-hydrogen) atoms. The number of amides is 1. The number of rotatable bonds is 5. The number of carbonyl (C=O) groups is 1. The Morgan fingerprint density at radius 3 is 2.52 bits per heavy atom. The summed E-state index contributed by atoms with van der Waals surface area (Å²) in [4.78, 5) is 15.0. The smallest absolute Gasteiger partial charge is 0.410 e. The molecule has 4 heteroatoms. The van der Waals surface area contributed by atoms with Crippen molar-refractivity contribution in [2.75, 3.05) is 19.8 Å². The first-order chi connectivity index (χ1) is 11.7. The van der Waals surface area contributed by atoms with Crippen LogP contribution in [0.4, 0.5) is 4.79 Å². The third-order valence-corrected chi connectivity index (χ3v) is 6.33. The van der Waals surface area contributed by atoms with E-state index in [0.29, 0.717) is 0 Å². The first kappa shape index (κ1) is 19.6. The Hall–Kier alpha value is -1.68. The molecule has 0 radical (unpaired) electrons. The van der Waals surface area contributed by atoms with Crippen molar-refractivity contribution in [1.29, 1.82) is 0 Å². The van der Waals surface area contributed by atoms with Crippen molar-refractivity contribution in [2.24, 2.45) is 5.41 Å². The zero-order chi connectivity index (χ0) is 18.7. The molecule has 0 fully saturated rings. The fourth-order valence-electron chi connectivity index (χ4n) is 3.43. The highest BCUT2D eigenvalue weighted by Gasteiger charge is 2.51. The molecule has 1 aromatic carbocycles. The van der Waals surface area contributed by atoms with Crippen LogP contribution in [0.15, 0.2) is 59.0 Å². The van der Waals surface area contributed by atoms with Crippen LogP contribution in [0, 0.1) is 5.41 Å². The molecule has 0 aromatic heterocycles. The average Bonchev–Trinajstić information content (AvgIpc) is 2.58. The molecule has 0 bridgehead atoms. The van der Waals surface area contributed by atoms with Crippen LogP contribution in [-0.4, -0.2) is 36.4 Å². The van der Waals surface area contributed by atoms with Crippen molar-refractivity contribution in [3.8, 4) is 0 Å². The second kappa shape index (κ2) is 7.69. The summed E-state index contributed by atoms with van der Waals surface area (Å²) in [5.74, 6) is 0.887. The standard InChI is InChI=1S/C21H29NO2S/c1-7-21(24-19(23)22(5)6)14-13-16(2)18(20(21,3)4)15-25-17-11-9-8-10-12-17/h7-12H,1,13-15H2,2-6H3. The van der Waals surface area contributed by atoms with Gasteiger partial charge >= 0.3 is 6.09 Å². The molecule has 0 heterocycles. The van der Waals surface area contributed by atoms with E-state index in [1.807, 2.05) is 23.9 Å². The van der Waals surface area contributed by atoms with Crippen LogP contribution in [-0.2, 0) is 4.74 Å². The zero-order valence-corrected chi connectivity index (χ0v) is 16.8. The van der Waals surface area contributed by atoms with E-state index in [0.717, 1.165) is 18.6 Å². The maximum absolute atomic E-state index is 12.3. The molecule has 2 rings (SSSR count). The molecule has 136 valence electrons. The highest BCUT2D eigenvalue weighted by atomic mass is 32.2. The number of allylic oxidation sites excluding steroid dienone is 1. The summed E-state index contributed by atoms with van der Waals surface area (Å²) in [7, 11) is 3.42. The quantitative estimate of drug-likeness (QED) is 0.511. The second-order valence-corrected chi connectivity index (χ2v) is 8.39. The van der Waals surface area contributed by atoms with Crippen molar-refractivity contribution >= 4 is 17.9 Å². The molecule has 1 aliphatic rings. The summed E-state index contributed by atoms with van der Waals surface area (Å²) in [5.41, 5.74) is 1.76. The lowest BCUT2D eigenvalue weighted by Crippen LogP contribution is -2.52. The summed E-state index contributed by atoms with van der Waals surface area (Å²) in [6, 6.07) is 10.4. The Bertz CT molecular complexity index is 664. The van der Waals surface area contributed by atoms with E-state index in [9.17, 15) is 4.79 Å². The van der Waals surface area contributed by atoms with Crippen LogP contribution in [0.25, 0.3) is 0 Å². The summed E-state index contributed by atoms with van der Waals surface area (Å²) in [6.45, 7) is 10.6. The first-order valence-electron chi connectivity index (χ1n) is 8.64. The van der Waals surface area contributed by atoms with Crippen LogP contribution in [0.2, 0.25) is 0 Å². The summed E-state index contributed by atoms with van der Waals surface area (Å²) >= 11 is 1.83. The molecule has 1 aromatic rings. The predicted molar refractivity (Wildman–Crippen MR) is 106 cm³/mol. The molecule has 3 nitrogen and oxygen atoms in total. The van der Waals surface area contributed by atoms with Crippen molar-refractivity contribution in [3.05, 3.63) is 54.1 Å². The van der Waals surface area contributed by atoms with Gasteiger partial charge in [0.2, 0.25) is 0 Å². The normalized spacial score (nSPS) is 22.4. The highest BCUT2D eigenvalue weighted by Crippen LogP contribution is 2.51. The lowest BCUT2D eigenvalue weighted by Gasteiger charge is -2.49. The lowest BCUT2D eigenvalue weighted by molar-refractivity contribution is -0.0437. The largest absolute Gasteiger partial charge is 0.438 e. The van der Waals surface area contributed by atoms with Gasteiger partial charge in [-0.3, -0.25) is 0 Å². The molecule has 1 unspecified atom stereocenters. The van der Waals surface area contributed by atoms with Gasteiger partial charge in [-0.25, -0.2) is 4.79 Å². The van der Waals surface area contributed by atoms with Gasteiger partial charge in [-0.15, -0.1) is 11.8 Å². The molecular weight excluding hydrogens is 330 g/mol. The lowest BCUT2D eigenvalue weighted by atomic mass is 9.62. The average molecular weight is 360 g/mol. The summed E-state index contributed by atoms with van der Waals surface area (Å²) in [6.07, 6.45) is 3.20. The number of hydrogen-bond acceptors (Lipinski definition) is 3. The van der Waals surface area contributed by atoms with Crippen molar-refractivity contribution < 1.29 is 9.53 Å². The number of ether oxygens (including phenoxy) is 1. The highest BCUT2D eigenvalue weighted by molar-refractivity contribution is 7.99. The molecular formula is C21H29NO2S. The summed E-state index contributed by atoms with van der Waals surface area (Å²) < 4.78 is 5.96. The molecule has 1 amide bonds. The minimum Gasteiger partial charge on any atom is -0.438 e. The Balaban J connectivity index is 2.29. The Morgan fingerprint density at radius 1 is 1.32 bits per heavy atom. The Kier molecular flexibility index (Phi) is 6.04. The van der Waals surface area contributed by atoms with E-state index in [4.69, 9.17) is 4.74 Å². The number of benzene rings is 1. The van der Waals surface area contributed by atoms with Crippen LogP contribution < -0.4 is 0 Å². The van der Waals surface area contributed by atoms with Gasteiger partial charge in [0.05, 0.1) is 0 Å². The molecule has 0 aliphatic heterocycles. The predicted octanol–water partition coefficient (Wildman–Crippen LogP) is 5.54. The molecule has 0 N–H and O–H groups in total. The van der Waals surface area contributed by atoms with E-state index >= 15 is 0 Å². The third-order valence-electron chi connectivity index (χ3n) is 5.29. The first-order valence-corrected chi connectivity index (χ1v) is 9.63. The van der Waals surface area contributed by atoms with Crippen LogP contribution in [0.3, 0.4) is 0 Å². The molecule has 1 aliphatic carbocycles. The molecule has 1 atom stereocenters. The molecule has 0 saturated heterocycles. The van der Waals surface area contributed by atoms with Gasteiger partial charge in [0.1, 0.15) is 5.60 Å². The van der Waals surface area contributed by atoms with Gasteiger partial charge in [0.15, 0.2) is 0 Å². The van der Waals surface area contributed by atoms with Gasteiger partial charge in [-0.1, -0.05) is 49.8 Å². The SMILES string of the molecule is C=CC1(OC(=O)N(C)C)CCC(C)=C(CSc2ccccc2)C1(C)C. The van der Waals surface area contributed by atoms with Gasteiger partial charge in [-0.2, -0.15) is 0 Å². The number of nitrogens with zero attached hydrogens (tertiary/aromatic N) is 1. The van der Waals surface area contributed by atoms with E-state index in [2.05, 4.69) is 51.6 Å². The van der Waals surface area contributed by atoms with E-state index < -0.39 is 5.60 Å². The number of carbonyl (C=O) groups excluding carboxylic acids is 1. The fourth-order valence-corrected chi connectivity index (χ4v) is 4.69. The molecule has 0 saturated carbocycles. The van der Waals surface area contributed by atoms with Crippen molar-refractivity contribution in [3.63, 3.8) is 0 Å². The van der Waals surface area contributed by atoms with Crippen LogP contribution in [0.5, 0.6) is 0 Å². The molecule has 0 spiro atoms.